The molecular weight excluding hydrogens is 502 g/mol. The Balaban J connectivity index is 6.48. The number of hydrogen-bond acceptors (Lipinski definition) is 4. The number of hydrogen-bond donors (Lipinski definition) is 0. The Labute approximate surface area is 204 Å². The Hall–Kier alpha value is 1.00. The van der Waals surface area contributed by atoms with Crippen molar-refractivity contribution in [2.75, 3.05) is 52.4 Å². The molecule has 6 heteroatoms. The van der Waals surface area contributed by atoms with Gasteiger partial charge < -0.3 is 0 Å². The second-order valence-corrected chi connectivity index (χ2v) is 17.4. The van der Waals surface area contributed by atoms with Crippen molar-refractivity contribution >= 4 is 26.9 Å². The maximum absolute atomic E-state index is 3.01. The van der Waals surface area contributed by atoms with Crippen LogP contribution in [0.3, 0.4) is 0 Å². The SMILES string of the molecule is CCCCCCN(CCCCCC)P(I)(N(CC)CC)(N(CC)CC)N(CC)CC. The molecule has 0 aromatic rings. The summed E-state index contributed by atoms with van der Waals surface area (Å²) >= 11 is 3.01. The van der Waals surface area contributed by atoms with Crippen molar-refractivity contribution in [1.29, 1.82) is 0 Å². The van der Waals surface area contributed by atoms with Crippen LogP contribution in [0.1, 0.15) is 107 Å². The predicted octanol–water partition coefficient (Wildman–Crippen LogP) is 8.04. The normalized spacial score (nSPS) is 14.2. The molecule has 0 radical (unpaired) electrons. The van der Waals surface area contributed by atoms with Crippen LogP contribution in [-0.4, -0.2) is 71.0 Å². The summed E-state index contributed by atoms with van der Waals surface area (Å²) in [5.74, 6) is 0. The summed E-state index contributed by atoms with van der Waals surface area (Å²) in [6.07, 6.45) is 10.7. The fourth-order valence-corrected chi connectivity index (χ4v) is 17.9. The first kappa shape index (κ1) is 31.0. The molecule has 0 saturated heterocycles. The van der Waals surface area contributed by atoms with E-state index in [0.29, 0.717) is 0 Å². The minimum absolute atomic E-state index is 1.12. The molecule has 0 aromatic heterocycles. The van der Waals surface area contributed by atoms with E-state index in [1.807, 2.05) is 0 Å². The van der Waals surface area contributed by atoms with E-state index in [-0.39, 0.29) is 0 Å². The van der Waals surface area contributed by atoms with Crippen molar-refractivity contribution in [2.45, 2.75) is 107 Å². The molecular formula is C24H56IN4P. The third-order valence-corrected chi connectivity index (χ3v) is 20.0. The maximum atomic E-state index is 3.01. The van der Waals surface area contributed by atoms with Crippen LogP contribution in [0.15, 0.2) is 0 Å². The van der Waals surface area contributed by atoms with Gasteiger partial charge in [0.25, 0.3) is 0 Å². The number of unbranched alkanes of at least 4 members (excludes halogenated alkanes) is 6. The number of halogens is 1. The second-order valence-electron chi connectivity index (χ2n) is 8.33. The van der Waals surface area contributed by atoms with E-state index >= 15 is 0 Å². The van der Waals surface area contributed by atoms with Gasteiger partial charge in [0.15, 0.2) is 0 Å². The Bertz CT molecular complexity index is 366. The van der Waals surface area contributed by atoms with Crippen LogP contribution in [-0.2, 0) is 0 Å². The molecule has 0 aromatic carbocycles. The van der Waals surface area contributed by atoms with Gasteiger partial charge in [0, 0.05) is 0 Å². The Kier molecular flexibility index (Phi) is 17.1. The Morgan fingerprint density at radius 2 is 0.733 bits per heavy atom. The van der Waals surface area contributed by atoms with Gasteiger partial charge in [-0.1, -0.05) is 0 Å². The average Bonchev–Trinajstić information content (AvgIpc) is 2.75. The fourth-order valence-electron chi connectivity index (χ4n) is 5.10. The Morgan fingerprint density at radius 1 is 0.433 bits per heavy atom. The van der Waals surface area contributed by atoms with Crippen LogP contribution in [0.5, 0.6) is 0 Å². The van der Waals surface area contributed by atoms with Crippen LogP contribution in [0.2, 0.25) is 0 Å². The van der Waals surface area contributed by atoms with Gasteiger partial charge in [-0.15, -0.1) is 0 Å². The van der Waals surface area contributed by atoms with Crippen LogP contribution in [0, 0.1) is 0 Å². The van der Waals surface area contributed by atoms with E-state index in [4.69, 9.17) is 0 Å². The molecule has 0 saturated carbocycles. The Morgan fingerprint density at radius 3 is 0.967 bits per heavy atom. The van der Waals surface area contributed by atoms with Gasteiger partial charge in [-0.05, 0) is 0 Å². The van der Waals surface area contributed by atoms with Gasteiger partial charge >= 0.3 is 205 Å². The summed E-state index contributed by atoms with van der Waals surface area (Å²) < 4.78 is 11.6. The first-order valence-corrected chi connectivity index (χ1v) is 18.0. The molecule has 4 nitrogen and oxygen atoms in total. The van der Waals surface area contributed by atoms with Crippen molar-refractivity contribution in [2.24, 2.45) is 0 Å². The molecule has 0 fully saturated rings. The molecule has 0 aliphatic carbocycles. The molecule has 0 spiro atoms. The summed E-state index contributed by atoms with van der Waals surface area (Å²) in [6, 6.07) is 0. The molecule has 0 atom stereocenters. The van der Waals surface area contributed by atoms with Crippen molar-refractivity contribution in [3.63, 3.8) is 0 Å². The molecule has 0 rings (SSSR count). The molecule has 184 valence electrons. The standard InChI is InChI=1S/C24H56IN4P/c1-9-17-19-21-23-29(24-22-20-18-10-2)30(25,26(11-3)12-4,27(13-5)14-6)28(15-7)16-8/h9-24H2,1-8H3. The topological polar surface area (TPSA) is 13.0 Å². The molecule has 0 amide bonds. The van der Waals surface area contributed by atoms with Crippen LogP contribution < -0.4 is 0 Å². The first-order chi connectivity index (χ1) is 14.4. The molecule has 0 unspecified atom stereocenters. The predicted molar refractivity (Wildman–Crippen MR) is 150 cm³/mol. The quantitative estimate of drug-likeness (QED) is 0.0852. The molecule has 0 heterocycles. The van der Waals surface area contributed by atoms with Crippen molar-refractivity contribution in [1.82, 2.24) is 18.7 Å². The second kappa shape index (κ2) is 16.6. The zero-order valence-electron chi connectivity index (χ0n) is 21.9. The molecule has 0 N–H and O–H groups in total. The van der Waals surface area contributed by atoms with Crippen LogP contribution >= 0.6 is 26.9 Å². The molecule has 0 aliphatic rings. The van der Waals surface area contributed by atoms with E-state index in [0.717, 1.165) is 39.3 Å². The van der Waals surface area contributed by atoms with Crippen molar-refractivity contribution in [3.05, 3.63) is 0 Å². The average molecular weight is 559 g/mol. The first-order valence-electron chi connectivity index (χ1n) is 13.2. The summed E-state index contributed by atoms with van der Waals surface area (Å²) in [5.41, 5.74) is 0. The zero-order chi connectivity index (χ0) is 23.1. The number of rotatable bonds is 20. The van der Waals surface area contributed by atoms with Gasteiger partial charge in [0.2, 0.25) is 0 Å². The zero-order valence-corrected chi connectivity index (χ0v) is 25.0. The third-order valence-electron chi connectivity index (χ3n) is 6.68. The van der Waals surface area contributed by atoms with Crippen LogP contribution in [0.25, 0.3) is 0 Å². The van der Waals surface area contributed by atoms with Crippen molar-refractivity contribution < 1.29 is 0 Å². The van der Waals surface area contributed by atoms with Crippen molar-refractivity contribution in [3.8, 4) is 0 Å². The van der Waals surface area contributed by atoms with Gasteiger partial charge in [0.1, 0.15) is 0 Å². The van der Waals surface area contributed by atoms with Gasteiger partial charge in [-0.25, -0.2) is 0 Å². The van der Waals surface area contributed by atoms with Gasteiger partial charge in [-0.3, -0.25) is 0 Å². The summed E-state index contributed by atoms with van der Waals surface area (Å²) in [5, 5.41) is 0. The monoisotopic (exact) mass is 558 g/mol. The van der Waals surface area contributed by atoms with Crippen LogP contribution in [0.4, 0.5) is 0 Å². The summed E-state index contributed by atoms with van der Waals surface area (Å²) in [7, 11) is 0. The van der Waals surface area contributed by atoms with Gasteiger partial charge in [-0.2, -0.15) is 0 Å². The van der Waals surface area contributed by atoms with E-state index < -0.39 is 4.85 Å². The third kappa shape index (κ3) is 7.00. The van der Waals surface area contributed by atoms with Gasteiger partial charge in [0.05, 0.1) is 0 Å². The summed E-state index contributed by atoms with van der Waals surface area (Å²) in [6.45, 7) is 28.1. The summed E-state index contributed by atoms with van der Waals surface area (Å²) in [4.78, 5) is -2.65. The van der Waals surface area contributed by atoms with E-state index in [1.165, 1.54) is 64.5 Å². The van der Waals surface area contributed by atoms with E-state index in [1.54, 1.807) is 0 Å². The molecule has 0 aliphatic heterocycles. The van der Waals surface area contributed by atoms with E-state index in [2.05, 4.69) is 96.1 Å². The molecule has 0 bridgehead atoms. The fraction of sp³-hybridized carbons (Fsp3) is 1.00. The number of nitrogens with zero attached hydrogens (tertiary/aromatic N) is 4. The van der Waals surface area contributed by atoms with E-state index in [9.17, 15) is 0 Å². The minimum atomic E-state index is -2.65. The molecule has 30 heavy (non-hydrogen) atoms.